The fourth-order valence-electron chi connectivity index (χ4n) is 1.23. The topological polar surface area (TPSA) is 47.6 Å². The SMILES string of the molecule is CC(C)(C)[Si](C)(C)OCCNC(=O)C1COC1. The molecule has 0 aliphatic carbocycles. The van der Waals surface area contributed by atoms with Crippen molar-refractivity contribution in [3.8, 4) is 0 Å². The first kappa shape index (κ1) is 14.7. The van der Waals surface area contributed by atoms with Crippen molar-refractivity contribution in [2.24, 2.45) is 5.92 Å². The molecule has 0 aromatic heterocycles. The molecule has 1 saturated heterocycles. The van der Waals surface area contributed by atoms with E-state index < -0.39 is 8.32 Å². The molecular formula is C12H25NO3Si. The highest BCUT2D eigenvalue weighted by molar-refractivity contribution is 6.74. The molecule has 0 bridgehead atoms. The Morgan fingerprint density at radius 3 is 2.41 bits per heavy atom. The molecule has 1 amide bonds. The number of hydrogen-bond donors (Lipinski definition) is 1. The average molecular weight is 259 g/mol. The molecule has 0 radical (unpaired) electrons. The molecule has 0 aromatic carbocycles. The molecule has 1 aliphatic rings. The van der Waals surface area contributed by atoms with Crippen LogP contribution in [0.3, 0.4) is 0 Å². The summed E-state index contributed by atoms with van der Waals surface area (Å²) in [6.07, 6.45) is 0. The second-order valence-electron chi connectivity index (χ2n) is 6.13. The van der Waals surface area contributed by atoms with Gasteiger partial charge in [-0.2, -0.15) is 0 Å². The molecule has 1 rings (SSSR count). The zero-order valence-corrected chi connectivity index (χ0v) is 12.6. The highest BCUT2D eigenvalue weighted by Gasteiger charge is 2.36. The lowest BCUT2D eigenvalue weighted by molar-refractivity contribution is -0.138. The maximum Gasteiger partial charge on any atom is 0.227 e. The van der Waals surface area contributed by atoms with E-state index in [-0.39, 0.29) is 16.9 Å². The van der Waals surface area contributed by atoms with Gasteiger partial charge in [-0.1, -0.05) is 20.8 Å². The lowest BCUT2D eigenvalue weighted by atomic mass is 10.1. The number of ether oxygens (including phenoxy) is 1. The van der Waals surface area contributed by atoms with Crippen molar-refractivity contribution in [1.82, 2.24) is 5.32 Å². The molecule has 1 fully saturated rings. The highest BCUT2D eigenvalue weighted by Crippen LogP contribution is 2.36. The van der Waals surface area contributed by atoms with Crippen molar-refractivity contribution in [3.63, 3.8) is 0 Å². The summed E-state index contributed by atoms with van der Waals surface area (Å²) in [5.41, 5.74) is 0. The van der Waals surface area contributed by atoms with Crippen molar-refractivity contribution in [2.75, 3.05) is 26.4 Å². The van der Waals surface area contributed by atoms with Gasteiger partial charge in [0, 0.05) is 6.54 Å². The van der Waals surface area contributed by atoms with Crippen LogP contribution in [0.25, 0.3) is 0 Å². The molecule has 5 heteroatoms. The molecule has 1 aliphatic heterocycles. The Hall–Kier alpha value is -0.393. The smallest absolute Gasteiger partial charge is 0.227 e. The molecule has 100 valence electrons. The van der Waals surface area contributed by atoms with Crippen LogP contribution in [0.15, 0.2) is 0 Å². The van der Waals surface area contributed by atoms with Gasteiger partial charge < -0.3 is 14.5 Å². The van der Waals surface area contributed by atoms with Crippen molar-refractivity contribution in [1.29, 1.82) is 0 Å². The van der Waals surface area contributed by atoms with E-state index in [1.165, 1.54) is 0 Å². The van der Waals surface area contributed by atoms with Gasteiger partial charge >= 0.3 is 0 Å². The monoisotopic (exact) mass is 259 g/mol. The second kappa shape index (κ2) is 5.50. The van der Waals surface area contributed by atoms with Gasteiger partial charge in [0.2, 0.25) is 5.91 Å². The number of amides is 1. The quantitative estimate of drug-likeness (QED) is 0.604. The predicted molar refractivity (Wildman–Crippen MR) is 70.5 cm³/mol. The normalized spacial score (nSPS) is 17.7. The molecule has 0 aromatic rings. The van der Waals surface area contributed by atoms with Crippen LogP contribution in [0.5, 0.6) is 0 Å². The molecule has 0 unspecified atom stereocenters. The Bertz CT molecular complexity index is 269. The van der Waals surface area contributed by atoms with Crippen LogP contribution in [0.2, 0.25) is 18.1 Å². The zero-order chi connectivity index (χ0) is 13.1. The number of rotatable bonds is 5. The van der Waals surface area contributed by atoms with Gasteiger partial charge in [0.05, 0.1) is 25.7 Å². The van der Waals surface area contributed by atoms with Crippen LogP contribution in [-0.4, -0.2) is 40.6 Å². The van der Waals surface area contributed by atoms with Crippen LogP contribution in [0, 0.1) is 5.92 Å². The van der Waals surface area contributed by atoms with Gasteiger partial charge in [-0.3, -0.25) is 4.79 Å². The van der Waals surface area contributed by atoms with Gasteiger partial charge in [-0.15, -0.1) is 0 Å². The van der Waals surface area contributed by atoms with Crippen molar-refractivity contribution >= 4 is 14.2 Å². The van der Waals surface area contributed by atoms with Crippen LogP contribution < -0.4 is 5.32 Å². The summed E-state index contributed by atoms with van der Waals surface area (Å²) < 4.78 is 10.9. The summed E-state index contributed by atoms with van der Waals surface area (Å²) in [4.78, 5) is 11.5. The zero-order valence-electron chi connectivity index (χ0n) is 11.6. The Kier molecular flexibility index (Phi) is 4.74. The molecule has 1 N–H and O–H groups in total. The Morgan fingerprint density at radius 2 is 2.00 bits per heavy atom. The van der Waals surface area contributed by atoms with Crippen molar-refractivity contribution in [3.05, 3.63) is 0 Å². The molecule has 17 heavy (non-hydrogen) atoms. The first-order valence-electron chi connectivity index (χ1n) is 6.23. The Morgan fingerprint density at radius 1 is 1.41 bits per heavy atom. The summed E-state index contributed by atoms with van der Waals surface area (Å²) >= 11 is 0. The van der Waals surface area contributed by atoms with Crippen LogP contribution in [0.1, 0.15) is 20.8 Å². The summed E-state index contributed by atoms with van der Waals surface area (Å²) in [6.45, 7) is 13.4. The minimum absolute atomic E-state index is 0.0582. The van der Waals surface area contributed by atoms with Gasteiger partial charge in [-0.05, 0) is 18.1 Å². The summed E-state index contributed by atoms with van der Waals surface area (Å²) in [5, 5.41) is 3.11. The number of carbonyl (C=O) groups is 1. The Balaban J connectivity index is 2.17. The van der Waals surface area contributed by atoms with Crippen molar-refractivity contribution < 1.29 is 14.0 Å². The van der Waals surface area contributed by atoms with E-state index in [1.807, 2.05) is 0 Å². The standard InChI is InChI=1S/C12H25NO3Si/c1-12(2,3)17(4,5)16-7-6-13-11(14)10-8-15-9-10/h10H,6-9H2,1-5H3,(H,13,14). The van der Waals surface area contributed by atoms with E-state index >= 15 is 0 Å². The highest BCUT2D eigenvalue weighted by atomic mass is 28.4. The van der Waals surface area contributed by atoms with Crippen LogP contribution >= 0.6 is 0 Å². The summed E-state index contributed by atoms with van der Waals surface area (Å²) in [5.74, 6) is 0.151. The second-order valence-corrected chi connectivity index (χ2v) is 10.9. The minimum Gasteiger partial charge on any atom is -0.415 e. The molecule has 4 nitrogen and oxygen atoms in total. The molecular weight excluding hydrogens is 234 g/mol. The molecule has 0 spiro atoms. The van der Waals surface area contributed by atoms with E-state index in [1.54, 1.807) is 0 Å². The number of carbonyl (C=O) groups excluding carboxylic acids is 1. The van der Waals surface area contributed by atoms with E-state index in [2.05, 4.69) is 39.2 Å². The molecule has 0 atom stereocenters. The Labute approximate surface area is 105 Å². The fraction of sp³-hybridized carbons (Fsp3) is 0.917. The van der Waals surface area contributed by atoms with Crippen LogP contribution in [-0.2, 0) is 14.0 Å². The fourth-order valence-corrected chi connectivity index (χ4v) is 2.27. The minimum atomic E-state index is -1.67. The lowest BCUT2D eigenvalue weighted by Gasteiger charge is -2.36. The van der Waals surface area contributed by atoms with Crippen LogP contribution in [0.4, 0.5) is 0 Å². The van der Waals surface area contributed by atoms with E-state index in [9.17, 15) is 4.79 Å². The summed E-state index contributed by atoms with van der Waals surface area (Å²) in [6, 6.07) is 0. The molecule has 1 heterocycles. The van der Waals surface area contributed by atoms with E-state index in [4.69, 9.17) is 9.16 Å². The maximum atomic E-state index is 11.5. The average Bonchev–Trinajstić information content (AvgIpc) is 2.07. The van der Waals surface area contributed by atoms with Gasteiger partial charge in [0.15, 0.2) is 8.32 Å². The third-order valence-corrected chi connectivity index (χ3v) is 8.22. The maximum absolute atomic E-state index is 11.5. The van der Waals surface area contributed by atoms with Gasteiger partial charge in [0.1, 0.15) is 0 Å². The van der Waals surface area contributed by atoms with Gasteiger partial charge in [0.25, 0.3) is 0 Å². The first-order valence-corrected chi connectivity index (χ1v) is 9.14. The largest absolute Gasteiger partial charge is 0.415 e. The van der Waals surface area contributed by atoms with Crippen molar-refractivity contribution in [2.45, 2.75) is 38.9 Å². The van der Waals surface area contributed by atoms with E-state index in [0.717, 1.165) is 0 Å². The number of nitrogens with one attached hydrogen (secondary N) is 1. The third-order valence-electron chi connectivity index (χ3n) is 3.68. The first-order chi connectivity index (χ1) is 7.74. The third kappa shape index (κ3) is 4.08. The predicted octanol–water partition coefficient (Wildman–Crippen LogP) is 1.77. The van der Waals surface area contributed by atoms with E-state index in [0.29, 0.717) is 26.4 Å². The van der Waals surface area contributed by atoms with Gasteiger partial charge in [-0.25, -0.2) is 0 Å². The summed E-state index contributed by atoms with van der Waals surface area (Å²) in [7, 11) is -1.67. The number of hydrogen-bond acceptors (Lipinski definition) is 3. The molecule has 0 saturated carbocycles. The lowest BCUT2D eigenvalue weighted by Crippen LogP contribution is -2.45.